The molecule has 0 radical (unpaired) electrons. The number of carbonyl (C=O) groups excluding carboxylic acids is 2. The van der Waals surface area contributed by atoms with E-state index in [0.29, 0.717) is 12.4 Å². The first-order chi connectivity index (χ1) is 13.5. The number of aromatic amines is 1. The number of aromatic nitrogens is 2. The van der Waals surface area contributed by atoms with Crippen LogP contribution in [0.25, 0.3) is 10.8 Å². The van der Waals surface area contributed by atoms with Gasteiger partial charge in [0.2, 0.25) is 5.91 Å². The number of nitrogens with one attached hydrogen (secondary N) is 3. The fourth-order valence-corrected chi connectivity index (χ4v) is 3.95. The van der Waals surface area contributed by atoms with Crippen molar-refractivity contribution in [1.82, 2.24) is 15.5 Å². The molecule has 1 aliphatic heterocycles. The number of fused-ring (bicyclic) bond motifs is 2. The van der Waals surface area contributed by atoms with Gasteiger partial charge in [-0.2, -0.15) is 5.10 Å². The van der Waals surface area contributed by atoms with Crippen LogP contribution in [-0.4, -0.2) is 21.9 Å². The molecule has 3 N–H and O–H groups in total. The Morgan fingerprint density at radius 2 is 1.96 bits per heavy atom. The van der Waals surface area contributed by atoms with Crippen LogP contribution in [-0.2, 0) is 22.6 Å². The molecule has 0 bridgehead atoms. The molecule has 6 heteroatoms. The minimum Gasteiger partial charge on any atom is -0.309 e. The van der Waals surface area contributed by atoms with Crippen LogP contribution in [0.15, 0.2) is 42.5 Å². The molecule has 2 heterocycles. The fraction of sp³-hybridized carbons (Fsp3) is 0.318. The second-order valence-electron chi connectivity index (χ2n) is 8.11. The van der Waals surface area contributed by atoms with Gasteiger partial charge in [-0.3, -0.25) is 20.0 Å². The predicted octanol–water partition coefficient (Wildman–Crippen LogP) is 3.26. The lowest BCUT2D eigenvalue weighted by atomic mass is 9.94. The first-order valence-corrected chi connectivity index (χ1v) is 9.66. The van der Waals surface area contributed by atoms with E-state index in [9.17, 15) is 9.59 Å². The Balaban J connectivity index is 1.34. The molecule has 1 aliphatic carbocycles. The highest BCUT2D eigenvalue weighted by Gasteiger charge is 2.50. The van der Waals surface area contributed by atoms with E-state index in [2.05, 4.69) is 26.9 Å². The molecule has 1 fully saturated rings. The number of ketones is 1. The number of hydrogen-bond acceptors (Lipinski definition) is 4. The van der Waals surface area contributed by atoms with Gasteiger partial charge in [0.1, 0.15) is 0 Å². The number of H-pyrrole nitrogens is 1. The second kappa shape index (κ2) is 6.27. The third kappa shape index (κ3) is 2.90. The summed E-state index contributed by atoms with van der Waals surface area (Å²) < 4.78 is 0. The van der Waals surface area contributed by atoms with Crippen LogP contribution >= 0.6 is 0 Å². The van der Waals surface area contributed by atoms with Crippen molar-refractivity contribution in [3.8, 4) is 0 Å². The summed E-state index contributed by atoms with van der Waals surface area (Å²) in [5.74, 6) is 0.520. The van der Waals surface area contributed by atoms with Gasteiger partial charge < -0.3 is 5.32 Å². The van der Waals surface area contributed by atoms with Crippen LogP contribution in [0, 0.1) is 5.41 Å². The average molecular weight is 374 g/mol. The molecule has 5 rings (SSSR count). The van der Waals surface area contributed by atoms with E-state index < -0.39 is 6.04 Å². The Kier molecular flexibility index (Phi) is 3.84. The van der Waals surface area contributed by atoms with Crippen molar-refractivity contribution in [2.45, 2.75) is 38.8 Å². The van der Waals surface area contributed by atoms with E-state index in [1.54, 1.807) is 0 Å². The van der Waals surface area contributed by atoms with Crippen molar-refractivity contribution in [3.63, 3.8) is 0 Å². The smallest absolute Gasteiger partial charge is 0.230 e. The highest BCUT2D eigenvalue weighted by atomic mass is 16.1. The first-order valence-electron chi connectivity index (χ1n) is 9.66. The zero-order chi connectivity index (χ0) is 19.3. The number of anilines is 1. The molecule has 0 spiro atoms. The quantitative estimate of drug-likeness (QED) is 0.640. The van der Waals surface area contributed by atoms with Crippen molar-refractivity contribution >= 4 is 28.3 Å². The lowest BCUT2D eigenvalue weighted by Crippen LogP contribution is -2.29. The van der Waals surface area contributed by atoms with Crippen LogP contribution in [0.5, 0.6) is 0 Å². The molecule has 1 unspecified atom stereocenters. The molecule has 1 amide bonds. The standard InChI is InChI=1S/C22H22N4O2/c1-22(8-9-22)20(28)19-18-16(12-23-19)25-26-21(18)24-17(27)11-13-6-7-14-4-2-3-5-15(14)10-13/h2-7,10,19,23H,8-9,11-12H2,1H3,(H2,24,25,26,27). The Morgan fingerprint density at radius 3 is 2.75 bits per heavy atom. The van der Waals surface area contributed by atoms with Crippen LogP contribution in [0.2, 0.25) is 0 Å². The number of carbonyl (C=O) groups is 2. The van der Waals surface area contributed by atoms with Gasteiger partial charge in [-0.05, 0) is 29.2 Å². The monoisotopic (exact) mass is 374 g/mol. The molecule has 1 aromatic heterocycles. The SMILES string of the molecule is CC1(C(=O)C2NCc3[nH]nc(NC(=O)Cc4ccc5ccccc5c4)c32)CC1. The second-order valence-corrected chi connectivity index (χ2v) is 8.11. The largest absolute Gasteiger partial charge is 0.309 e. The molecule has 2 aromatic carbocycles. The molecule has 142 valence electrons. The number of Topliss-reactive ketones (excluding diaryl/α,β-unsaturated/α-hetero) is 1. The highest BCUT2D eigenvalue weighted by molar-refractivity contribution is 5.97. The van der Waals surface area contributed by atoms with Gasteiger partial charge in [-0.15, -0.1) is 0 Å². The Hall–Kier alpha value is -2.99. The van der Waals surface area contributed by atoms with Crippen molar-refractivity contribution < 1.29 is 9.59 Å². The molecular weight excluding hydrogens is 352 g/mol. The first kappa shape index (κ1) is 17.1. The molecule has 2 aliphatic rings. The van der Waals surface area contributed by atoms with Gasteiger partial charge >= 0.3 is 0 Å². The summed E-state index contributed by atoms with van der Waals surface area (Å²) in [7, 11) is 0. The van der Waals surface area contributed by atoms with Crippen molar-refractivity contribution in [2.24, 2.45) is 5.41 Å². The third-order valence-electron chi connectivity index (χ3n) is 5.95. The van der Waals surface area contributed by atoms with Crippen LogP contribution in [0.1, 0.15) is 42.6 Å². The molecular formula is C22H22N4O2. The van der Waals surface area contributed by atoms with E-state index in [1.165, 1.54) is 0 Å². The van der Waals surface area contributed by atoms with Crippen LogP contribution in [0.4, 0.5) is 5.82 Å². The minimum atomic E-state index is -0.391. The molecule has 1 atom stereocenters. The van der Waals surface area contributed by atoms with E-state index in [-0.39, 0.29) is 23.5 Å². The molecule has 28 heavy (non-hydrogen) atoms. The lowest BCUT2D eigenvalue weighted by Gasteiger charge is -2.16. The Labute approximate surface area is 162 Å². The average Bonchev–Trinajstić information content (AvgIpc) is 3.13. The summed E-state index contributed by atoms with van der Waals surface area (Å²) in [5, 5.41) is 15.6. The van der Waals surface area contributed by atoms with E-state index in [1.807, 2.05) is 43.3 Å². The number of rotatable bonds is 5. The normalized spacial score (nSPS) is 19.4. The topological polar surface area (TPSA) is 86.9 Å². The fourth-order valence-electron chi connectivity index (χ4n) is 3.95. The zero-order valence-corrected chi connectivity index (χ0v) is 15.7. The number of amides is 1. The Bertz CT molecular complexity index is 1100. The number of hydrogen-bond donors (Lipinski definition) is 3. The van der Waals surface area contributed by atoms with Gasteiger partial charge in [0, 0.05) is 17.5 Å². The summed E-state index contributed by atoms with van der Waals surface area (Å²) >= 11 is 0. The zero-order valence-electron chi connectivity index (χ0n) is 15.7. The summed E-state index contributed by atoms with van der Waals surface area (Å²) in [5.41, 5.74) is 2.39. The highest BCUT2D eigenvalue weighted by Crippen LogP contribution is 2.50. The van der Waals surface area contributed by atoms with E-state index in [0.717, 1.165) is 40.4 Å². The molecule has 0 saturated heterocycles. The molecule has 6 nitrogen and oxygen atoms in total. The summed E-state index contributed by atoms with van der Waals surface area (Å²) in [6.07, 6.45) is 2.12. The molecule has 3 aromatic rings. The van der Waals surface area contributed by atoms with E-state index >= 15 is 0 Å². The van der Waals surface area contributed by atoms with Crippen molar-refractivity contribution in [1.29, 1.82) is 0 Å². The van der Waals surface area contributed by atoms with Gasteiger partial charge in [0.15, 0.2) is 11.6 Å². The number of nitrogens with zero attached hydrogens (tertiary/aromatic N) is 1. The van der Waals surface area contributed by atoms with Crippen LogP contribution < -0.4 is 10.6 Å². The summed E-state index contributed by atoms with van der Waals surface area (Å²) in [6, 6.07) is 13.7. The maximum absolute atomic E-state index is 12.8. The van der Waals surface area contributed by atoms with Gasteiger partial charge in [-0.25, -0.2) is 0 Å². The van der Waals surface area contributed by atoms with Gasteiger partial charge in [0.05, 0.1) is 18.2 Å². The van der Waals surface area contributed by atoms with Gasteiger partial charge in [0.25, 0.3) is 0 Å². The maximum atomic E-state index is 12.8. The minimum absolute atomic E-state index is 0.139. The number of benzene rings is 2. The van der Waals surface area contributed by atoms with Crippen LogP contribution in [0.3, 0.4) is 0 Å². The molecule has 1 saturated carbocycles. The summed E-state index contributed by atoms with van der Waals surface area (Å²) in [6.45, 7) is 2.57. The maximum Gasteiger partial charge on any atom is 0.230 e. The van der Waals surface area contributed by atoms with Gasteiger partial charge in [-0.1, -0.05) is 49.4 Å². The lowest BCUT2D eigenvalue weighted by molar-refractivity contribution is -0.125. The van der Waals surface area contributed by atoms with Crippen molar-refractivity contribution in [3.05, 3.63) is 59.3 Å². The predicted molar refractivity (Wildman–Crippen MR) is 107 cm³/mol. The Morgan fingerprint density at radius 1 is 1.18 bits per heavy atom. The summed E-state index contributed by atoms with van der Waals surface area (Å²) in [4.78, 5) is 25.5. The van der Waals surface area contributed by atoms with Crippen molar-refractivity contribution in [2.75, 3.05) is 5.32 Å². The third-order valence-corrected chi connectivity index (χ3v) is 5.95. The van der Waals surface area contributed by atoms with E-state index in [4.69, 9.17) is 0 Å².